The van der Waals surface area contributed by atoms with E-state index in [2.05, 4.69) is 49.9 Å². The second-order valence-electron chi connectivity index (χ2n) is 6.90. The molecule has 106 valence electrons. The topological polar surface area (TPSA) is 18.5 Å². The molecular formula is C15H31N3. The number of nitrogens with one attached hydrogen (secondary N) is 1. The van der Waals surface area contributed by atoms with Crippen molar-refractivity contribution in [2.24, 2.45) is 11.8 Å². The van der Waals surface area contributed by atoms with Crippen LogP contribution in [0.4, 0.5) is 0 Å². The lowest BCUT2D eigenvalue weighted by atomic mass is 9.89. The summed E-state index contributed by atoms with van der Waals surface area (Å²) in [5.41, 5.74) is 0. The van der Waals surface area contributed by atoms with Crippen molar-refractivity contribution in [3.05, 3.63) is 0 Å². The average molecular weight is 253 g/mol. The molecule has 1 N–H and O–H groups in total. The molecule has 2 heterocycles. The SMILES string of the molecule is CC(C)C1CN(C2CCN(C)CC2C)C(C)CN1. The van der Waals surface area contributed by atoms with Crippen molar-refractivity contribution >= 4 is 0 Å². The Morgan fingerprint density at radius 1 is 1.17 bits per heavy atom. The van der Waals surface area contributed by atoms with Crippen LogP contribution in [0.15, 0.2) is 0 Å². The van der Waals surface area contributed by atoms with Gasteiger partial charge < -0.3 is 10.2 Å². The summed E-state index contributed by atoms with van der Waals surface area (Å²) in [4.78, 5) is 5.27. The van der Waals surface area contributed by atoms with Crippen LogP contribution in [-0.4, -0.2) is 61.2 Å². The van der Waals surface area contributed by atoms with E-state index in [-0.39, 0.29) is 0 Å². The molecule has 2 aliphatic rings. The number of nitrogens with zero attached hydrogens (tertiary/aromatic N) is 2. The summed E-state index contributed by atoms with van der Waals surface area (Å²) in [7, 11) is 2.25. The van der Waals surface area contributed by atoms with Gasteiger partial charge in [-0.3, -0.25) is 4.90 Å². The van der Waals surface area contributed by atoms with E-state index in [1.807, 2.05) is 0 Å². The molecule has 0 aliphatic carbocycles. The highest BCUT2D eigenvalue weighted by atomic mass is 15.3. The summed E-state index contributed by atoms with van der Waals surface area (Å²) in [5.74, 6) is 1.54. The Morgan fingerprint density at radius 2 is 1.89 bits per heavy atom. The van der Waals surface area contributed by atoms with Gasteiger partial charge in [0.2, 0.25) is 0 Å². The Hall–Kier alpha value is -0.120. The number of hydrogen-bond donors (Lipinski definition) is 1. The van der Waals surface area contributed by atoms with E-state index in [0.717, 1.165) is 24.4 Å². The summed E-state index contributed by atoms with van der Waals surface area (Å²) in [6, 6.07) is 2.16. The van der Waals surface area contributed by atoms with E-state index < -0.39 is 0 Å². The summed E-state index contributed by atoms with van der Waals surface area (Å²) >= 11 is 0. The zero-order valence-corrected chi connectivity index (χ0v) is 12.8. The predicted molar refractivity (Wildman–Crippen MR) is 77.9 cm³/mol. The average Bonchev–Trinajstić information content (AvgIpc) is 2.30. The third-order valence-corrected chi connectivity index (χ3v) is 4.94. The predicted octanol–water partition coefficient (Wildman–Crippen LogP) is 1.64. The Balaban J connectivity index is 2.01. The minimum atomic E-state index is 0.674. The highest BCUT2D eigenvalue weighted by Crippen LogP contribution is 2.25. The molecule has 2 rings (SSSR count). The van der Waals surface area contributed by atoms with Gasteiger partial charge in [-0.15, -0.1) is 0 Å². The van der Waals surface area contributed by atoms with Crippen LogP contribution >= 0.6 is 0 Å². The molecule has 2 saturated heterocycles. The molecule has 0 radical (unpaired) electrons. The lowest BCUT2D eigenvalue weighted by molar-refractivity contribution is 0.0171. The zero-order valence-electron chi connectivity index (χ0n) is 12.8. The molecule has 2 fully saturated rings. The first-order valence-corrected chi connectivity index (χ1v) is 7.66. The van der Waals surface area contributed by atoms with E-state index in [0.29, 0.717) is 12.1 Å². The summed E-state index contributed by atoms with van der Waals surface area (Å²) < 4.78 is 0. The largest absolute Gasteiger partial charge is 0.311 e. The molecule has 4 atom stereocenters. The van der Waals surface area contributed by atoms with Gasteiger partial charge in [-0.05, 0) is 38.8 Å². The number of hydrogen-bond acceptors (Lipinski definition) is 3. The zero-order chi connectivity index (χ0) is 13.3. The minimum Gasteiger partial charge on any atom is -0.311 e. The van der Waals surface area contributed by atoms with Crippen molar-refractivity contribution < 1.29 is 0 Å². The molecule has 0 spiro atoms. The van der Waals surface area contributed by atoms with Crippen molar-refractivity contribution in [2.45, 2.75) is 52.2 Å². The smallest absolute Gasteiger partial charge is 0.0218 e. The quantitative estimate of drug-likeness (QED) is 0.807. The maximum Gasteiger partial charge on any atom is 0.0218 e. The monoisotopic (exact) mass is 253 g/mol. The van der Waals surface area contributed by atoms with Gasteiger partial charge in [-0.2, -0.15) is 0 Å². The Labute approximate surface area is 113 Å². The van der Waals surface area contributed by atoms with Gasteiger partial charge in [-0.25, -0.2) is 0 Å². The van der Waals surface area contributed by atoms with Crippen LogP contribution in [0.25, 0.3) is 0 Å². The minimum absolute atomic E-state index is 0.674. The van der Waals surface area contributed by atoms with Crippen LogP contribution in [0, 0.1) is 11.8 Å². The molecular weight excluding hydrogens is 222 g/mol. The van der Waals surface area contributed by atoms with E-state index in [1.54, 1.807) is 0 Å². The van der Waals surface area contributed by atoms with E-state index in [1.165, 1.54) is 26.1 Å². The second-order valence-corrected chi connectivity index (χ2v) is 6.90. The maximum absolute atomic E-state index is 3.71. The van der Waals surface area contributed by atoms with E-state index in [4.69, 9.17) is 0 Å². The van der Waals surface area contributed by atoms with Crippen molar-refractivity contribution in [3.63, 3.8) is 0 Å². The van der Waals surface area contributed by atoms with Crippen molar-refractivity contribution in [2.75, 3.05) is 33.2 Å². The fourth-order valence-electron chi connectivity index (χ4n) is 3.65. The lowest BCUT2D eigenvalue weighted by Gasteiger charge is -2.49. The lowest BCUT2D eigenvalue weighted by Crippen LogP contribution is -2.62. The Kier molecular flexibility index (Phi) is 4.68. The Morgan fingerprint density at radius 3 is 2.50 bits per heavy atom. The Bertz CT molecular complexity index is 266. The van der Waals surface area contributed by atoms with Gasteiger partial charge in [-0.1, -0.05) is 20.8 Å². The molecule has 2 aliphatic heterocycles. The van der Waals surface area contributed by atoms with E-state index >= 15 is 0 Å². The fraction of sp³-hybridized carbons (Fsp3) is 1.00. The highest BCUT2D eigenvalue weighted by molar-refractivity contribution is 4.93. The van der Waals surface area contributed by atoms with Crippen LogP contribution in [-0.2, 0) is 0 Å². The first-order chi connectivity index (χ1) is 8.49. The molecule has 0 aromatic heterocycles. The van der Waals surface area contributed by atoms with Gasteiger partial charge in [0.05, 0.1) is 0 Å². The van der Waals surface area contributed by atoms with E-state index in [9.17, 15) is 0 Å². The van der Waals surface area contributed by atoms with Crippen molar-refractivity contribution in [1.29, 1.82) is 0 Å². The molecule has 0 saturated carbocycles. The van der Waals surface area contributed by atoms with Crippen molar-refractivity contribution in [3.8, 4) is 0 Å². The van der Waals surface area contributed by atoms with Gasteiger partial charge in [0.15, 0.2) is 0 Å². The second kappa shape index (κ2) is 5.89. The number of piperidine rings is 1. The van der Waals surface area contributed by atoms with Gasteiger partial charge in [0, 0.05) is 37.8 Å². The third kappa shape index (κ3) is 3.06. The standard InChI is InChI=1S/C15H31N3/c1-11(2)14-10-18(13(4)8-16-14)15-6-7-17(5)9-12(15)3/h11-16H,6-10H2,1-5H3. The first-order valence-electron chi connectivity index (χ1n) is 7.66. The molecule has 0 bridgehead atoms. The van der Waals surface area contributed by atoms with Crippen LogP contribution < -0.4 is 5.32 Å². The third-order valence-electron chi connectivity index (χ3n) is 4.94. The van der Waals surface area contributed by atoms with Crippen molar-refractivity contribution in [1.82, 2.24) is 15.1 Å². The molecule has 3 heteroatoms. The molecule has 18 heavy (non-hydrogen) atoms. The maximum atomic E-state index is 3.71. The number of piperazine rings is 1. The number of likely N-dealkylation sites (tertiary alicyclic amines) is 1. The van der Waals surface area contributed by atoms with Gasteiger partial charge in [0.1, 0.15) is 0 Å². The van der Waals surface area contributed by atoms with Crippen LogP contribution in [0.2, 0.25) is 0 Å². The normalized spacial score (nSPS) is 40.3. The molecule has 4 unspecified atom stereocenters. The summed E-state index contributed by atoms with van der Waals surface area (Å²) in [5, 5.41) is 3.71. The molecule has 3 nitrogen and oxygen atoms in total. The van der Waals surface area contributed by atoms with Crippen LogP contribution in [0.3, 0.4) is 0 Å². The summed E-state index contributed by atoms with van der Waals surface area (Å²) in [6.07, 6.45) is 1.34. The van der Waals surface area contributed by atoms with Gasteiger partial charge in [0.25, 0.3) is 0 Å². The molecule has 0 aromatic rings. The molecule has 0 aromatic carbocycles. The number of rotatable bonds is 2. The van der Waals surface area contributed by atoms with Gasteiger partial charge >= 0.3 is 0 Å². The van der Waals surface area contributed by atoms with Crippen LogP contribution in [0.5, 0.6) is 0 Å². The van der Waals surface area contributed by atoms with Crippen LogP contribution in [0.1, 0.15) is 34.1 Å². The highest BCUT2D eigenvalue weighted by Gasteiger charge is 2.35. The fourth-order valence-corrected chi connectivity index (χ4v) is 3.65. The first kappa shape index (κ1) is 14.3. The summed E-state index contributed by atoms with van der Waals surface area (Å²) in [6.45, 7) is 14.4. The molecule has 0 amide bonds.